The van der Waals surface area contributed by atoms with Crippen molar-refractivity contribution in [2.24, 2.45) is 0 Å². The zero-order chi connectivity index (χ0) is 18.6. The molecule has 0 aliphatic carbocycles. The molecule has 0 spiro atoms. The molecule has 0 fully saturated rings. The van der Waals surface area contributed by atoms with Crippen LogP contribution in [0.5, 0.6) is 0 Å². The third kappa shape index (κ3) is 3.15. The van der Waals surface area contributed by atoms with Gasteiger partial charge in [0.15, 0.2) is 5.69 Å². The Kier molecular flexibility index (Phi) is 3.66. The van der Waals surface area contributed by atoms with E-state index in [1.54, 1.807) is 6.07 Å². The van der Waals surface area contributed by atoms with Crippen LogP contribution in [-0.2, 0) is 0 Å². The number of hydrogen-bond donors (Lipinski definition) is 1. The first kappa shape index (κ1) is 18.4. The maximum absolute atomic E-state index is 12.9. The van der Waals surface area contributed by atoms with Crippen LogP contribution >= 0.6 is 33.4 Å². The summed E-state index contributed by atoms with van der Waals surface area (Å²) >= 11 is 11.4. The van der Waals surface area contributed by atoms with Crippen molar-refractivity contribution in [2.45, 2.75) is 4.90 Å². The number of aromatic nitrogens is 2. The highest BCUT2D eigenvalue weighted by atomic mass is 35.5. The second kappa shape index (κ2) is 4.78. The largest absolute Gasteiger partial charge is 0.383 e. The molecule has 24 heavy (non-hydrogen) atoms. The van der Waals surface area contributed by atoms with Gasteiger partial charge in [-0.3, -0.25) is 0 Å². The Morgan fingerprint density at radius 1 is 1.21 bits per heavy atom. The molecule has 2 N–H and O–H groups in total. The molecule has 0 aliphatic heterocycles. The number of nitrogens with zero attached hydrogens (tertiary/aromatic N) is 3. The minimum Gasteiger partial charge on any atom is -0.383 e. The van der Waals surface area contributed by atoms with Gasteiger partial charge in [0.2, 0.25) is 0 Å². The smallest absolute Gasteiger partial charge is 0.310 e. The first-order chi connectivity index (χ1) is 10.7. The van der Waals surface area contributed by atoms with E-state index in [1.807, 2.05) is 0 Å². The quantitative estimate of drug-likeness (QED) is 0.644. The van der Waals surface area contributed by atoms with Crippen LogP contribution in [0, 0.1) is 11.3 Å². The number of nitriles is 1. The molecular weight excluding hydrogens is 398 g/mol. The maximum Gasteiger partial charge on any atom is 0.310 e. The van der Waals surface area contributed by atoms with Crippen LogP contribution in [0.3, 0.4) is 0 Å². The minimum atomic E-state index is -9.96. The second-order valence-corrected chi connectivity index (χ2v) is 7.80. The van der Waals surface area contributed by atoms with E-state index in [4.69, 9.17) is 34.2 Å². The lowest BCUT2D eigenvalue weighted by Gasteiger charge is -2.40. The van der Waals surface area contributed by atoms with Crippen molar-refractivity contribution in [1.29, 1.82) is 5.26 Å². The maximum atomic E-state index is 12.9. The highest BCUT2D eigenvalue weighted by Crippen LogP contribution is 3.02. The van der Waals surface area contributed by atoms with Crippen LogP contribution in [0.2, 0.25) is 10.0 Å². The lowest BCUT2D eigenvalue weighted by atomic mass is 10.2. The predicted octanol–water partition coefficient (Wildman–Crippen LogP) is 5.93. The molecule has 1 aromatic heterocycles. The molecule has 0 saturated carbocycles. The first-order valence-electron chi connectivity index (χ1n) is 5.84. The van der Waals surface area contributed by atoms with Crippen molar-refractivity contribution in [3.63, 3.8) is 0 Å². The van der Waals surface area contributed by atoms with Crippen LogP contribution in [-0.4, -0.2) is 9.78 Å². The summed E-state index contributed by atoms with van der Waals surface area (Å²) in [5.41, 5.74) is 5.27. The molecule has 1 heterocycles. The van der Waals surface area contributed by atoms with Crippen LogP contribution in [0.25, 0.3) is 11.8 Å². The van der Waals surface area contributed by atoms with Gasteiger partial charge >= 0.3 is 10.2 Å². The highest BCUT2D eigenvalue weighted by Gasteiger charge is 2.65. The molecule has 2 rings (SSSR count). The molecule has 0 aliphatic rings. The Morgan fingerprint density at radius 2 is 1.71 bits per heavy atom. The second-order valence-electron chi connectivity index (χ2n) is 4.58. The average Bonchev–Trinajstić information content (AvgIpc) is 2.72. The van der Waals surface area contributed by atoms with Gasteiger partial charge < -0.3 is 5.73 Å². The van der Waals surface area contributed by atoms with Crippen LogP contribution in [0.4, 0.5) is 25.2 Å². The Balaban J connectivity index is 2.80. The molecule has 0 bridgehead atoms. The molecule has 0 radical (unpaired) electrons. The Hall–Kier alpha value is -1.96. The van der Waals surface area contributed by atoms with Crippen molar-refractivity contribution in [3.05, 3.63) is 40.0 Å². The summed E-state index contributed by atoms with van der Waals surface area (Å²) in [5, 5.41) is 11.2. The topological polar surface area (TPSA) is 67.6 Å². The summed E-state index contributed by atoms with van der Waals surface area (Å²) in [7, 11) is -9.96. The highest BCUT2D eigenvalue weighted by molar-refractivity contribution is 8.45. The van der Waals surface area contributed by atoms with Crippen LogP contribution in [0.1, 0.15) is 11.3 Å². The summed E-state index contributed by atoms with van der Waals surface area (Å²) in [6.45, 7) is 3.42. The monoisotopic (exact) mass is 404 g/mol. The summed E-state index contributed by atoms with van der Waals surface area (Å²) in [6, 6.07) is 1.77. The van der Waals surface area contributed by atoms with Gasteiger partial charge in [-0.15, -0.1) is 0 Å². The van der Waals surface area contributed by atoms with E-state index in [2.05, 4.69) is 11.7 Å². The normalized spacial score (nSPS) is 14.6. The Bertz CT molecular complexity index is 892. The summed E-state index contributed by atoms with van der Waals surface area (Å²) in [4.78, 5) is -2.25. The van der Waals surface area contributed by atoms with E-state index in [-0.39, 0.29) is 34.9 Å². The molecule has 4 nitrogen and oxygen atoms in total. The summed E-state index contributed by atoms with van der Waals surface area (Å²) in [6.07, 6.45) is 1.20. The lowest BCUT2D eigenvalue weighted by Crippen LogP contribution is -2.09. The van der Waals surface area contributed by atoms with Crippen LogP contribution in [0.15, 0.2) is 23.6 Å². The van der Waals surface area contributed by atoms with E-state index in [9.17, 15) is 19.4 Å². The number of nitrogens with two attached hydrogens (primary N) is 1. The number of hydrogen-bond acceptors (Lipinski definition) is 3. The van der Waals surface area contributed by atoms with Gasteiger partial charge in [-0.1, -0.05) is 55.3 Å². The van der Waals surface area contributed by atoms with Gasteiger partial charge in [-0.2, -0.15) is 10.4 Å². The number of rotatable bonds is 3. The van der Waals surface area contributed by atoms with E-state index in [1.165, 1.54) is 6.08 Å². The van der Waals surface area contributed by atoms with Crippen molar-refractivity contribution < 1.29 is 19.4 Å². The summed E-state index contributed by atoms with van der Waals surface area (Å²) < 4.78 is 65.2. The third-order valence-corrected chi connectivity index (χ3v) is 4.62. The van der Waals surface area contributed by atoms with Crippen molar-refractivity contribution in [3.8, 4) is 11.8 Å². The first-order valence-corrected chi connectivity index (χ1v) is 8.55. The van der Waals surface area contributed by atoms with E-state index in [0.717, 1.165) is 4.68 Å². The average molecular weight is 405 g/mol. The SMILES string of the molecule is C=Cc1c(C#N)nn(-c2c(Cl)cc(S(F)(F)(F)(F)F)cc2Cl)c1N. The molecule has 0 saturated heterocycles. The summed E-state index contributed by atoms with van der Waals surface area (Å²) in [5.74, 6) is -0.189. The van der Waals surface area contributed by atoms with E-state index < -0.39 is 25.2 Å². The van der Waals surface area contributed by atoms with E-state index in [0.29, 0.717) is 0 Å². The van der Waals surface area contributed by atoms with Gasteiger partial charge in [0.25, 0.3) is 0 Å². The molecule has 12 heteroatoms. The number of benzene rings is 1. The molecule has 0 unspecified atom stereocenters. The molecular formula is C12H7Cl2F5N4S. The Labute approximate surface area is 142 Å². The fourth-order valence-corrected chi connectivity index (χ4v) is 3.32. The van der Waals surface area contributed by atoms with Gasteiger partial charge in [0.05, 0.1) is 15.6 Å². The van der Waals surface area contributed by atoms with Gasteiger partial charge in [-0.25, -0.2) is 4.68 Å². The number of nitrogen functional groups attached to an aromatic ring is 1. The third-order valence-electron chi connectivity index (χ3n) is 2.92. The predicted molar refractivity (Wildman–Crippen MR) is 84.2 cm³/mol. The van der Waals surface area contributed by atoms with Crippen molar-refractivity contribution in [1.82, 2.24) is 9.78 Å². The zero-order valence-electron chi connectivity index (χ0n) is 11.4. The van der Waals surface area contributed by atoms with Crippen molar-refractivity contribution in [2.75, 3.05) is 5.73 Å². The molecule has 0 atom stereocenters. The standard InChI is InChI=1S/C12H7Cl2F5N4S/c1-2-7-10(5-20)22-23(12(7)21)11-8(13)3-6(4-9(11)14)24(15,16,17,18)19/h2-4H,1,21H2. The zero-order valence-corrected chi connectivity index (χ0v) is 13.7. The minimum absolute atomic E-state index is 0.0328. The lowest BCUT2D eigenvalue weighted by molar-refractivity contribution is 0.364. The molecule has 0 amide bonds. The molecule has 1 aromatic carbocycles. The van der Waals surface area contributed by atoms with Crippen molar-refractivity contribution >= 4 is 45.3 Å². The molecule has 2 aromatic rings. The number of anilines is 1. The van der Waals surface area contributed by atoms with Crippen LogP contribution < -0.4 is 5.73 Å². The number of halogens is 7. The van der Waals surface area contributed by atoms with Gasteiger partial charge in [0.1, 0.15) is 22.5 Å². The fraction of sp³-hybridized carbons (Fsp3) is 0. The van der Waals surface area contributed by atoms with Gasteiger partial charge in [0, 0.05) is 0 Å². The van der Waals surface area contributed by atoms with Gasteiger partial charge in [-0.05, 0) is 12.1 Å². The molecule has 130 valence electrons. The Morgan fingerprint density at radius 3 is 2.04 bits per heavy atom. The van der Waals surface area contributed by atoms with E-state index >= 15 is 0 Å². The fourth-order valence-electron chi connectivity index (χ4n) is 1.86.